The number of rotatable bonds is 14. The second-order valence-electron chi connectivity index (χ2n) is 5.39. The van der Waals surface area contributed by atoms with Crippen LogP contribution < -0.4 is 5.32 Å². The molecule has 0 rings (SSSR count). The lowest BCUT2D eigenvalue weighted by molar-refractivity contribution is -0.139. The summed E-state index contributed by atoms with van der Waals surface area (Å²) in [5.41, 5.74) is 0.852. The number of amides is 1. The molecule has 0 unspecified atom stereocenters. The van der Waals surface area contributed by atoms with Crippen molar-refractivity contribution in [3.8, 4) is 0 Å². The molecule has 0 aliphatic rings. The fraction of sp³-hybridized carbons (Fsp3) is 0.588. The summed E-state index contributed by atoms with van der Waals surface area (Å²) in [6.07, 6.45) is 4.49. The van der Waals surface area contributed by atoms with E-state index < -0.39 is 24.1 Å². The third-order valence-corrected chi connectivity index (χ3v) is 2.88. The molecule has 0 saturated carbocycles. The van der Waals surface area contributed by atoms with Crippen molar-refractivity contribution in [3.63, 3.8) is 0 Å². The normalized spacial score (nSPS) is 11.7. The summed E-state index contributed by atoms with van der Waals surface area (Å²) in [6.45, 7) is 3.81. The van der Waals surface area contributed by atoms with Crippen LogP contribution in [-0.4, -0.2) is 67.3 Å². The highest BCUT2D eigenvalue weighted by Crippen LogP contribution is 1.97. The van der Waals surface area contributed by atoms with Crippen molar-refractivity contribution in [1.82, 2.24) is 5.32 Å². The van der Waals surface area contributed by atoms with Gasteiger partial charge < -0.3 is 29.7 Å². The molecule has 0 radical (unpaired) electrons. The number of ether oxygens (including phenoxy) is 3. The van der Waals surface area contributed by atoms with Gasteiger partial charge in [0, 0.05) is 0 Å². The number of carboxylic acids is 2. The van der Waals surface area contributed by atoms with Crippen LogP contribution in [0, 0.1) is 0 Å². The Hall–Kier alpha value is -2.39. The molecular weight excluding hydrogens is 346 g/mol. The predicted molar refractivity (Wildman–Crippen MR) is 93.0 cm³/mol. The van der Waals surface area contributed by atoms with Crippen molar-refractivity contribution in [2.75, 3.05) is 33.0 Å². The number of carbonyl (C=O) groups is 3. The SMILES string of the molecule is C/C=C\C=C(/C)COC(=O)NC(COCCC(=O)O)COCCC(=O)O. The van der Waals surface area contributed by atoms with Gasteiger partial charge in [-0.2, -0.15) is 0 Å². The molecule has 0 spiro atoms. The largest absolute Gasteiger partial charge is 0.481 e. The topological polar surface area (TPSA) is 131 Å². The third-order valence-electron chi connectivity index (χ3n) is 2.88. The zero-order valence-corrected chi connectivity index (χ0v) is 15.1. The highest BCUT2D eigenvalue weighted by atomic mass is 16.6. The van der Waals surface area contributed by atoms with Gasteiger partial charge in [-0.05, 0) is 19.4 Å². The predicted octanol–water partition coefficient (Wildman–Crippen LogP) is 1.59. The zero-order valence-electron chi connectivity index (χ0n) is 15.1. The van der Waals surface area contributed by atoms with Gasteiger partial charge in [0.2, 0.25) is 0 Å². The number of carbonyl (C=O) groups excluding carboxylic acids is 1. The van der Waals surface area contributed by atoms with E-state index in [1.807, 2.05) is 32.1 Å². The Labute approximate surface area is 152 Å². The Morgan fingerprint density at radius 3 is 2.04 bits per heavy atom. The summed E-state index contributed by atoms with van der Waals surface area (Å²) in [5, 5.41) is 19.7. The minimum Gasteiger partial charge on any atom is -0.481 e. The lowest BCUT2D eigenvalue weighted by atomic mass is 10.3. The molecule has 0 aromatic rings. The van der Waals surface area contributed by atoms with Crippen molar-refractivity contribution in [2.24, 2.45) is 0 Å². The summed E-state index contributed by atoms with van der Waals surface area (Å²) < 4.78 is 15.5. The van der Waals surface area contributed by atoms with E-state index in [2.05, 4.69) is 5.32 Å². The van der Waals surface area contributed by atoms with E-state index in [1.54, 1.807) is 0 Å². The first-order valence-electron chi connectivity index (χ1n) is 8.16. The second-order valence-corrected chi connectivity index (χ2v) is 5.39. The van der Waals surface area contributed by atoms with Crippen LogP contribution >= 0.6 is 0 Å². The summed E-state index contributed by atoms with van der Waals surface area (Å²) in [6, 6.07) is -0.593. The number of hydrogen-bond donors (Lipinski definition) is 3. The van der Waals surface area contributed by atoms with Crippen LogP contribution in [0.25, 0.3) is 0 Å². The van der Waals surface area contributed by atoms with E-state index in [0.717, 1.165) is 5.57 Å². The number of aliphatic carboxylic acids is 2. The standard InChI is InChI=1S/C17H27NO8/c1-3-4-5-13(2)10-26-17(23)18-14(11-24-8-6-15(19)20)12-25-9-7-16(21)22/h3-5,14H,6-12H2,1-2H3,(H,18,23)(H,19,20)(H,21,22)/b4-3-,13-5+. The maximum absolute atomic E-state index is 11.8. The second kappa shape index (κ2) is 14.9. The van der Waals surface area contributed by atoms with Crippen molar-refractivity contribution in [3.05, 3.63) is 23.8 Å². The molecule has 1 amide bonds. The van der Waals surface area contributed by atoms with E-state index in [9.17, 15) is 14.4 Å². The Morgan fingerprint density at radius 1 is 1.04 bits per heavy atom. The van der Waals surface area contributed by atoms with Gasteiger partial charge in [-0.25, -0.2) is 4.79 Å². The monoisotopic (exact) mass is 373 g/mol. The van der Waals surface area contributed by atoms with Gasteiger partial charge in [-0.15, -0.1) is 0 Å². The average molecular weight is 373 g/mol. The van der Waals surface area contributed by atoms with E-state index in [-0.39, 0.29) is 45.9 Å². The number of allylic oxidation sites excluding steroid dienone is 3. The first-order chi connectivity index (χ1) is 12.3. The van der Waals surface area contributed by atoms with Crippen molar-refractivity contribution in [2.45, 2.75) is 32.7 Å². The molecule has 148 valence electrons. The van der Waals surface area contributed by atoms with Gasteiger partial charge >= 0.3 is 18.0 Å². The lowest BCUT2D eigenvalue weighted by Crippen LogP contribution is -2.42. The first kappa shape index (κ1) is 23.6. The van der Waals surface area contributed by atoms with E-state index in [4.69, 9.17) is 24.4 Å². The Kier molecular flexibility index (Phi) is 13.5. The van der Waals surface area contributed by atoms with Crippen molar-refractivity contribution >= 4 is 18.0 Å². The van der Waals surface area contributed by atoms with Crippen molar-refractivity contribution in [1.29, 1.82) is 0 Å². The van der Waals surface area contributed by atoms with Crippen LogP contribution in [-0.2, 0) is 23.8 Å². The Morgan fingerprint density at radius 2 is 1.58 bits per heavy atom. The van der Waals surface area contributed by atoms with Crippen molar-refractivity contribution < 1.29 is 38.8 Å². The smallest absolute Gasteiger partial charge is 0.407 e. The fourth-order valence-electron chi connectivity index (χ4n) is 1.60. The molecule has 0 aromatic heterocycles. The van der Waals surface area contributed by atoms with Gasteiger partial charge in [0.1, 0.15) is 6.61 Å². The number of hydrogen-bond acceptors (Lipinski definition) is 6. The number of carboxylic acid groups (broad SMARTS) is 2. The first-order valence-corrected chi connectivity index (χ1v) is 8.16. The highest BCUT2D eigenvalue weighted by molar-refractivity contribution is 5.68. The highest BCUT2D eigenvalue weighted by Gasteiger charge is 2.15. The van der Waals surface area contributed by atoms with Gasteiger partial charge in [-0.3, -0.25) is 9.59 Å². The molecule has 0 atom stereocenters. The third kappa shape index (κ3) is 15.2. The summed E-state index contributed by atoms with van der Waals surface area (Å²) in [4.78, 5) is 32.8. The Balaban J connectivity index is 4.34. The summed E-state index contributed by atoms with van der Waals surface area (Å²) in [5.74, 6) is -1.98. The molecule has 26 heavy (non-hydrogen) atoms. The molecule has 9 nitrogen and oxygen atoms in total. The minimum absolute atomic E-state index is 0.0110. The van der Waals surface area contributed by atoms with E-state index in [0.29, 0.717) is 0 Å². The van der Waals surface area contributed by atoms with Crippen LogP contribution in [0.15, 0.2) is 23.8 Å². The van der Waals surface area contributed by atoms with Gasteiger partial charge in [0.15, 0.2) is 0 Å². The maximum Gasteiger partial charge on any atom is 0.407 e. The van der Waals surface area contributed by atoms with Crippen LogP contribution in [0.1, 0.15) is 26.7 Å². The zero-order chi connectivity index (χ0) is 19.8. The van der Waals surface area contributed by atoms with Gasteiger partial charge in [0.05, 0.1) is 45.3 Å². The molecule has 0 saturated heterocycles. The minimum atomic E-state index is -0.991. The Bertz CT molecular complexity index is 479. The molecule has 0 fully saturated rings. The van der Waals surface area contributed by atoms with Gasteiger partial charge in [-0.1, -0.05) is 18.2 Å². The molecule has 0 heterocycles. The van der Waals surface area contributed by atoms with E-state index in [1.165, 1.54) is 0 Å². The van der Waals surface area contributed by atoms with Crippen LogP contribution in [0.2, 0.25) is 0 Å². The van der Waals surface area contributed by atoms with E-state index >= 15 is 0 Å². The van der Waals surface area contributed by atoms with Crippen LogP contribution in [0.5, 0.6) is 0 Å². The molecule has 0 aliphatic heterocycles. The molecule has 0 aromatic carbocycles. The summed E-state index contributed by atoms with van der Waals surface area (Å²) >= 11 is 0. The fourth-order valence-corrected chi connectivity index (χ4v) is 1.60. The molecular formula is C17H27NO8. The average Bonchev–Trinajstić information content (AvgIpc) is 2.57. The molecule has 9 heteroatoms. The quantitative estimate of drug-likeness (QED) is 0.309. The number of nitrogens with one attached hydrogen (secondary N) is 1. The molecule has 0 aliphatic carbocycles. The number of alkyl carbamates (subject to hydrolysis) is 1. The van der Waals surface area contributed by atoms with Gasteiger partial charge in [0.25, 0.3) is 0 Å². The molecule has 0 bridgehead atoms. The van der Waals surface area contributed by atoms with Crippen LogP contribution in [0.4, 0.5) is 4.79 Å². The molecule has 3 N–H and O–H groups in total. The maximum atomic E-state index is 11.8. The van der Waals surface area contributed by atoms with Crippen LogP contribution in [0.3, 0.4) is 0 Å². The summed E-state index contributed by atoms with van der Waals surface area (Å²) in [7, 11) is 0. The lowest BCUT2D eigenvalue weighted by Gasteiger charge is -2.18.